The third-order valence-electron chi connectivity index (χ3n) is 13.9. The van der Waals surface area contributed by atoms with E-state index in [2.05, 4.69) is 45.5 Å². The van der Waals surface area contributed by atoms with Gasteiger partial charge in [-0.2, -0.15) is 21.0 Å². The summed E-state index contributed by atoms with van der Waals surface area (Å²) in [7, 11) is 2.49. The molecule has 6 aliphatic rings. The number of methoxy groups -OCH3 is 4. The molecule has 0 aromatic heterocycles. The van der Waals surface area contributed by atoms with Crippen molar-refractivity contribution >= 4 is 88.4 Å². The van der Waals surface area contributed by atoms with Gasteiger partial charge in [0.1, 0.15) is 45.2 Å². The van der Waals surface area contributed by atoms with Gasteiger partial charge in [-0.25, -0.2) is 0 Å². The Hall–Kier alpha value is -7.18. The van der Waals surface area contributed by atoms with Gasteiger partial charge in [0.15, 0.2) is 0 Å². The predicted molar refractivity (Wildman–Crippen MR) is 344 cm³/mol. The number of carbonyl (C=O) groups excluding carboxylic acids is 4. The molecular weight excluding hydrogens is 1250 g/mol. The smallest absolute Gasteiger partial charge is 0.247 e. The van der Waals surface area contributed by atoms with E-state index in [-0.39, 0.29) is 75.0 Å². The van der Waals surface area contributed by atoms with Crippen molar-refractivity contribution in [1.82, 2.24) is 21.3 Å². The number of piperazine rings is 2. The minimum absolute atomic E-state index is 0.218. The SMILES string of the molecule is COc1ccc(C#N)c2c1C[C@@]1(C2)NC(=O)[C@]2(Cc3c(C#N)ccc(OC)c3C2)NC1=O.COc1ccc(C#N)c2c1C[C@@]1(C2)NC(=O)[C@]2(Cc3c(C#N)ccc(OC)c3C2)NC1=O.CS(C)=O.CS(C)=O.CS(C)=O.CS(C)=O.CS(C)=O.CS(C)=O. The van der Waals surface area contributed by atoms with Gasteiger partial charge in [0, 0.05) is 213 Å². The Morgan fingerprint density at radius 3 is 0.568 bits per heavy atom. The molecule has 28 heteroatoms. The van der Waals surface area contributed by atoms with E-state index in [1.807, 2.05) is 0 Å². The quantitative estimate of drug-likeness (QED) is 0.227. The van der Waals surface area contributed by atoms with E-state index in [9.17, 15) is 65.5 Å². The van der Waals surface area contributed by atoms with E-state index >= 15 is 0 Å². The first kappa shape index (κ1) is 75.1. The summed E-state index contributed by atoms with van der Waals surface area (Å²) in [5.41, 5.74) is 3.12. The first-order valence-corrected chi connectivity index (χ1v) is 38.2. The van der Waals surface area contributed by atoms with E-state index in [1.54, 1.807) is 124 Å². The van der Waals surface area contributed by atoms with Crippen molar-refractivity contribution in [3.8, 4) is 47.3 Å². The maximum absolute atomic E-state index is 13.5. The van der Waals surface area contributed by atoms with Crippen LogP contribution in [0.3, 0.4) is 0 Å². The predicted octanol–water partition coefficient (Wildman–Crippen LogP) is 2.10. The van der Waals surface area contributed by atoms with Crippen LogP contribution in [-0.2, 0) is 135 Å². The van der Waals surface area contributed by atoms with Gasteiger partial charge in [0.2, 0.25) is 23.6 Å². The summed E-state index contributed by atoms with van der Waals surface area (Å²) >= 11 is 0. The number of fused-ring (bicyclic) bond motifs is 4. The third kappa shape index (κ3) is 18.5. The zero-order valence-corrected chi connectivity index (χ0v) is 57.1. The molecule has 4 amide bonds. The van der Waals surface area contributed by atoms with Crippen LogP contribution in [0.2, 0.25) is 0 Å². The Kier molecular flexibility index (Phi) is 28.0. The van der Waals surface area contributed by atoms with Crippen LogP contribution >= 0.6 is 0 Å². The van der Waals surface area contributed by atoms with Crippen LogP contribution < -0.4 is 40.2 Å². The van der Waals surface area contributed by atoms with Crippen molar-refractivity contribution in [3.63, 3.8) is 0 Å². The summed E-state index contributed by atoms with van der Waals surface area (Å²) in [5.74, 6) is 1.16. The van der Waals surface area contributed by atoms with Crippen LogP contribution in [0.4, 0.5) is 0 Å². The van der Waals surface area contributed by atoms with Crippen LogP contribution in [0.15, 0.2) is 48.5 Å². The molecule has 4 N–H and O–H groups in total. The van der Waals surface area contributed by atoms with Gasteiger partial charge in [0.25, 0.3) is 0 Å². The molecule has 4 aromatic carbocycles. The van der Waals surface area contributed by atoms with Crippen molar-refractivity contribution in [2.75, 3.05) is 104 Å². The zero-order valence-electron chi connectivity index (χ0n) is 52.2. The maximum Gasteiger partial charge on any atom is 0.247 e. The number of hydrogen-bond acceptors (Lipinski definition) is 18. The van der Waals surface area contributed by atoms with Gasteiger partial charge in [-0.3, -0.25) is 44.4 Å². The molecular formula is C60H76N8O14S6. The number of benzene rings is 4. The molecule has 2 fully saturated rings. The first-order valence-electron chi connectivity index (χ1n) is 26.4. The highest BCUT2D eigenvalue weighted by Crippen LogP contribution is 2.46. The molecule has 10 rings (SSSR count). The van der Waals surface area contributed by atoms with Crippen molar-refractivity contribution < 1.29 is 63.4 Å². The van der Waals surface area contributed by atoms with E-state index < -0.39 is 87.0 Å². The van der Waals surface area contributed by atoms with Crippen molar-refractivity contribution in [3.05, 3.63) is 115 Å². The Bertz CT molecular complexity index is 3150. The second kappa shape index (κ2) is 32.9. The molecule has 0 bridgehead atoms. The fourth-order valence-electron chi connectivity index (χ4n) is 10.7. The summed E-state index contributed by atoms with van der Waals surface area (Å²) in [5, 5.41) is 50.1. The number of rotatable bonds is 4. The van der Waals surface area contributed by atoms with E-state index in [0.29, 0.717) is 45.3 Å². The molecule has 4 atom stereocenters. The molecule has 0 unspecified atom stereocenters. The second-order valence-electron chi connectivity index (χ2n) is 21.5. The highest BCUT2D eigenvalue weighted by molar-refractivity contribution is 7.84. The Balaban J connectivity index is 0.000000337. The van der Waals surface area contributed by atoms with Crippen LogP contribution in [-0.4, -0.2) is 175 Å². The van der Waals surface area contributed by atoms with Gasteiger partial charge in [-0.15, -0.1) is 0 Å². The molecule has 4 aliphatic carbocycles. The van der Waals surface area contributed by atoms with E-state index in [4.69, 9.17) is 18.9 Å². The van der Waals surface area contributed by atoms with Crippen LogP contribution in [0, 0.1) is 45.3 Å². The molecule has 476 valence electrons. The lowest BCUT2D eigenvalue weighted by Crippen LogP contribution is -2.75. The number of nitrogens with zero attached hydrogens (tertiary/aromatic N) is 4. The van der Waals surface area contributed by atoms with Crippen molar-refractivity contribution in [2.24, 2.45) is 0 Å². The normalized spacial score (nSPS) is 20.5. The minimum Gasteiger partial charge on any atom is -0.496 e. The van der Waals surface area contributed by atoms with Gasteiger partial charge >= 0.3 is 0 Å². The number of hydrogen-bond donors (Lipinski definition) is 4. The summed E-state index contributed by atoms with van der Waals surface area (Å²) in [6, 6.07) is 22.2. The fourth-order valence-corrected chi connectivity index (χ4v) is 10.7. The molecule has 0 saturated carbocycles. The molecule has 2 aliphatic heterocycles. The number of nitriles is 4. The van der Waals surface area contributed by atoms with E-state index in [1.165, 1.54) is 28.4 Å². The molecule has 2 heterocycles. The summed E-state index contributed by atoms with van der Waals surface area (Å²) in [6.45, 7) is 0. The lowest BCUT2D eigenvalue weighted by atomic mass is 9.83. The zero-order chi connectivity index (χ0) is 66.8. The minimum atomic E-state index is -1.18. The molecule has 4 aromatic rings. The van der Waals surface area contributed by atoms with E-state index in [0.717, 1.165) is 44.5 Å². The molecule has 2 saturated heterocycles. The topological polar surface area (TPSA) is 351 Å². The van der Waals surface area contributed by atoms with Gasteiger partial charge in [-0.1, -0.05) is 0 Å². The van der Waals surface area contributed by atoms with Gasteiger partial charge in [0.05, 0.1) is 75.0 Å². The van der Waals surface area contributed by atoms with Crippen LogP contribution in [0.1, 0.15) is 66.8 Å². The average molecular weight is 1330 g/mol. The average Bonchev–Trinajstić information content (AvgIpc) is 1.60. The monoisotopic (exact) mass is 1320 g/mol. The standard InChI is InChI=1S/2C24H20N4O4.6C2H6OS/c2*1-31-19-5-3-13(11-25)15-7-23(9-17(15)19)21(29)28-24(22(30)27-23)8-16-14(12-26)4-6-20(32-2)18(16)10-24;6*1-4(2)3/h2*3-6H,7-10H2,1-2H3,(H,27,30)(H,28,29);6*1-2H3/t2*23-,24-;;;;;;/m11....../s1. The Morgan fingerprint density at radius 1 is 0.307 bits per heavy atom. The molecule has 88 heavy (non-hydrogen) atoms. The Labute approximate surface area is 530 Å². The lowest BCUT2D eigenvalue weighted by Gasteiger charge is -2.43. The number of carbonyl (C=O) groups is 4. The Morgan fingerprint density at radius 2 is 0.443 bits per heavy atom. The summed E-state index contributed by atoms with van der Waals surface area (Å²) in [4.78, 5) is 54.0. The number of ether oxygens (including phenoxy) is 4. The molecule has 0 radical (unpaired) electrons. The maximum atomic E-state index is 13.5. The highest BCUT2D eigenvalue weighted by Gasteiger charge is 2.60. The highest BCUT2D eigenvalue weighted by atomic mass is 32.2. The lowest BCUT2D eigenvalue weighted by molar-refractivity contribution is -0.145. The van der Waals surface area contributed by atoms with Crippen molar-refractivity contribution in [1.29, 1.82) is 21.0 Å². The van der Waals surface area contributed by atoms with Crippen LogP contribution in [0.5, 0.6) is 23.0 Å². The number of amides is 4. The summed E-state index contributed by atoms with van der Waals surface area (Å²) < 4.78 is 79.1. The molecule has 22 nitrogen and oxygen atoms in total. The third-order valence-corrected chi connectivity index (χ3v) is 13.9. The van der Waals surface area contributed by atoms with Crippen molar-refractivity contribution in [2.45, 2.75) is 73.5 Å². The largest absolute Gasteiger partial charge is 0.496 e. The first-order chi connectivity index (χ1) is 41.2. The van der Waals surface area contributed by atoms with Crippen LogP contribution in [0.25, 0.3) is 0 Å². The van der Waals surface area contributed by atoms with Gasteiger partial charge < -0.3 is 40.2 Å². The second-order valence-corrected chi connectivity index (χ2v) is 30.4. The fraction of sp³-hybridized carbons (Fsp3) is 0.467. The summed E-state index contributed by atoms with van der Waals surface area (Å²) in [6.07, 6.45) is 21.5. The molecule has 4 spiro atoms. The van der Waals surface area contributed by atoms with Gasteiger partial charge in [-0.05, 0) is 70.8 Å². The number of nitrogens with one attached hydrogen (secondary N) is 4.